The van der Waals surface area contributed by atoms with E-state index in [4.69, 9.17) is 0 Å². The Morgan fingerprint density at radius 1 is 1.05 bits per heavy atom. The standard InChI is InChI=1S/C16H16N2O/c1-12-11-16(13-7-9-15(19)10-8-13)18(17-12)14-5-3-2-4-6-14/h2-10,16,19H,11H2,1H3/t16-/m1/s1. The predicted octanol–water partition coefficient (Wildman–Crippen LogP) is 3.72. The molecule has 0 aromatic heterocycles. The molecule has 3 nitrogen and oxygen atoms in total. The van der Waals surface area contributed by atoms with Crippen LogP contribution in [-0.4, -0.2) is 10.8 Å². The summed E-state index contributed by atoms with van der Waals surface area (Å²) in [5.41, 5.74) is 3.39. The maximum atomic E-state index is 9.39. The zero-order chi connectivity index (χ0) is 13.2. The molecule has 0 spiro atoms. The number of aromatic hydroxyl groups is 1. The lowest BCUT2D eigenvalue weighted by molar-refractivity contribution is 0.475. The number of benzene rings is 2. The van der Waals surface area contributed by atoms with Gasteiger partial charge in [-0.2, -0.15) is 5.10 Å². The maximum Gasteiger partial charge on any atom is 0.115 e. The maximum absolute atomic E-state index is 9.39. The molecule has 3 rings (SSSR count). The second-order valence-corrected chi connectivity index (χ2v) is 4.83. The Bertz CT molecular complexity index is 590. The van der Waals surface area contributed by atoms with Crippen molar-refractivity contribution in [2.24, 2.45) is 5.10 Å². The first kappa shape index (κ1) is 11.8. The van der Waals surface area contributed by atoms with Gasteiger partial charge in [0.05, 0.1) is 11.7 Å². The second kappa shape index (κ2) is 4.76. The third-order valence-electron chi connectivity index (χ3n) is 3.36. The van der Waals surface area contributed by atoms with Crippen LogP contribution in [0.2, 0.25) is 0 Å². The second-order valence-electron chi connectivity index (χ2n) is 4.83. The fourth-order valence-electron chi connectivity index (χ4n) is 2.43. The highest BCUT2D eigenvalue weighted by atomic mass is 16.3. The van der Waals surface area contributed by atoms with Gasteiger partial charge < -0.3 is 5.11 Å². The van der Waals surface area contributed by atoms with Gasteiger partial charge in [-0.15, -0.1) is 0 Å². The Morgan fingerprint density at radius 3 is 2.42 bits per heavy atom. The van der Waals surface area contributed by atoms with Crippen molar-refractivity contribution < 1.29 is 5.11 Å². The van der Waals surface area contributed by atoms with Gasteiger partial charge in [0.1, 0.15) is 5.75 Å². The van der Waals surface area contributed by atoms with Crippen molar-refractivity contribution in [1.29, 1.82) is 0 Å². The van der Waals surface area contributed by atoms with Gasteiger partial charge in [0.25, 0.3) is 0 Å². The third-order valence-corrected chi connectivity index (χ3v) is 3.36. The lowest BCUT2D eigenvalue weighted by Gasteiger charge is -2.24. The normalized spacial score (nSPS) is 18.5. The van der Waals surface area contributed by atoms with Gasteiger partial charge in [0, 0.05) is 12.1 Å². The van der Waals surface area contributed by atoms with Crippen molar-refractivity contribution in [3.8, 4) is 5.75 Å². The van der Waals surface area contributed by atoms with Gasteiger partial charge in [0.15, 0.2) is 0 Å². The predicted molar refractivity (Wildman–Crippen MR) is 77.5 cm³/mol. The summed E-state index contributed by atoms with van der Waals surface area (Å²) in [6.07, 6.45) is 0.916. The molecular formula is C16H16N2O. The summed E-state index contributed by atoms with van der Waals surface area (Å²) in [7, 11) is 0. The van der Waals surface area contributed by atoms with Crippen LogP contribution in [0.4, 0.5) is 5.69 Å². The number of phenols is 1. The molecule has 1 aliphatic rings. The van der Waals surface area contributed by atoms with Gasteiger partial charge in [-0.25, -0.2) is 0 Å². The number of phenolic OH excluding ortho intramolecular Hbond substituents is 1. The smallest absolute Gasteiger partial charge is 0.115 e. The Labute approximate surface area is 112 Å². The van der Waals surface area contributed by atoms with E-state index in [1.54, 1.807) is 12.1 Å². The van der Waals surface area contributed by atoms with Gasteiger partial charge in [-0.3, -0.25) is 5.01 Å². The van der Waals surface area contributed by atoms with E-state index in [0.717, 1.165) is 17.8 Å². The van der Waals surface area contributed by atoms with Crippen molar-refractivity contribution in [3.05, 3.63) is 60.2 Å². The summed E-state index contributed by atoms with van der Waals surface area (Å²) >= 11 is 0. The van der Waals surface area contributed by atoms with Crippen LogP contribution in [0, 0.1) is 0 Å². The van der Waals surface area contributed by atoms with Crippen molar-refractivity contribution in [2.75, 3.05) is 5.01 Å². The lowest BCUT2D eigenvalue weighted by atomic mass is 10.0. The minimum absolute atomic E-state index is 0.211. The van der Waals surface area contributed by atoms with Crippen LogP contribution < -0.4 is 5.01 Å². The molecule has 0 fully saturated rings. The molecule has 0 bridgehead atoms. The van der Waals surface area contributed by atoms with Crippen LogP contribution in [0.25, 0.3) is 0 Å². The molecule has 2 aromatic rings. The Morgan fingerprint density at radius 2 is 1.74 bits per heavy atom. The molecule has 2 aromatic carbocycles. The average Bonchev–Trinajstić information content (AvgIpc) is 2.83. The minimum Gasteiger partial charge on any atom is -0.508 e. The first-order chi connectivity index (χ1) is 9.24. The first-order valence-electron chi connectivity index (χ1n) is 6.41. The lowest BCUT2D eigenvalue weighted by Crippen LogP contribution is -2.18. The highest BCUT2D eigenvalue weighted by molar-refractivity contribution is 5.86. The number of rotatable bonds is 2. The van der Waals surface area contributed by atoms with Gasteiger partial charge in [-0.1, -0.05) is 30.3 Å². The van der Waals surface area contributed by atoms with Crippen molar-refractivity contribution in [2.45, 2.75) is 19.4 Å². The third kappa shape index (κ3) is 2.32. The number of hydrogen-bond donors (Lipinski definition) is 1. The molecule has 0 amide bonds. The van der Waals surface area contributed by atoms with Gasteiger partial charge in [0.2, 0.25) is 0 Å². The van der Waals surface area contributed by atoms with E-state index in [1.807, 2.05) is 30.3 Å². The molecule has 1 aliphatic heterocycles. The fraction of sp³-hybridized carbons (Fsp3) is 0.188. The van der Waals surface area contributed by atoms with E-state index < -0.39 is 0 Å². The fourth-order valence-corrected chi connectivity index (χ4v) is 2.43. The van der Waals surface area contributed by atoms with E-state index in [9.17, 15) is 5.11 Å². The molecule has 0 unspecified atom stereocenters. The summed E-state index contributed by atoms with van der Waals surface area (Å²) in [5.74, 6) is 0.297. The zero-order valence-corrected chi connectivity index (χ0v) is 10.8. The van der Waals surface area contributed by atoms with Crippen LogP contribution in [0.15, 0.2) is 59.7 Å². The van der Waals surface area contributed by atoms with Crippen LogP contribution in [0.5, 0.6) is 5.75 Å². The Balaban J connectivity index is 1.95. The molecule has 1 atom stereocenters. The van der Waals surface area contributed by atoms with Crippen molar-refractivity contribution >= 4 is 11.4 Å². The van der Waals surface area contributed by atoms with Gasteiger partial charge in [-0.05, 0) is 36.8 Å². The topological polar surface area (TPSA) is 35.8 Å². The van der Waals surface area contributed by atoms with Crippen LogP contribution in [0.1, 0.15) is 24.9 Å². The summed E-state index contributed by atoms with van der Waals surface area (Å²) in [4.78, 5) is 0. The highest BCUT2D eigenvalue weighted by Gasteiger charge is 2.26. The molecule has 0 radical (unpaired) electrons. The monoisotopic (exact) mass is 252 g/mol. The van der Waals surface area contributed by atoms with Gasteiger partial charge >= 0.3 is 0 Å². The molecular weight excluding hydrogens is 236 g/mol. The molecule has 0 saturated heterocycles. The van der Waals surface area contributed by atoms with Crippen LogP contribution >= 0.6 is 0 Å². The quantitative estimate of drug-likeness (QED) is 0.884. The van der Waals surface area contributed by atoms with E-state index in [1.165, 1.54) is 5.56 Å². The number of nitrogens with zero attached hydrogens (tertiary/aromatic N) is 2. The summed E-state index contributed by atoms with van der Waals surface area (Å²) in [6, 6.07) is 17.8. The van der Waals surface area contributed by atoms with Crippen molar-refractivity contribution in [1.82, 2.24) is 0 Å². The number of hydrazone groups is 1. The number of anilines is 1. The Hall–Kier alpha value is -2.29. The average molecular weight is 252 g/mol. The summed E-state index contributed by atoms with van der Waals surface area (Å²) in [5, 5.41) is 16.1. The molecule has 1 N–H and O–H groups in total. The van der Waals surface area contributed by atoms with Crippen LogP contribution in [-0.2, 0) is 0 Å². The number of para-hydroxylation sites is 1. The SMILES string of the molecule is CC1=NN(c2ccccc2)[C@@H](c2ccc(O)cc2)C1. The summed E-state index contributed by atoms with van der Waals surface area (Å²) < 4.78 is 0. The summed E-state index contributed by atoms with van der Waals surface area (Å²) in [6.45, 7) is 2.05. The van der Waals surface area contributed by atoms with Crippen molar-refractivity contribution in [3.63, 3.8) is 0 Å². The zero-order valence-electron chi connectivity index (χ0n) is 10.8. The largest absolute Gasteiger partial charge is 0.508 e. The van der Waals surface area contributed by atoms with Crippen LogP contribution in [0.3, 0.4) is 0 Å². The molecule has 1 heterocycles. The van der Waals surface area contributed by atoms with E-state index in [0.29, 0.717) is 5.75 Å². The molecule has 96 valence electrons. The first-order valence-corrected chi connectivity index (χ1v) is 6.41. The number of hydrogen-bond acceptors (Lipinski definition) is 3. The van der Waals surface area contributed by atoms with E-state index >= 15 is 0 Å². The molecule has 3 heteroatoms. The Kier molecular flexibility index (Phi) is 2.95. The van der Waals surface area contributed by atoms with E-state index in [2.05, 4.69) is 29.2 Å². The van der Waals surface area contributed by atoms with E-state index in [-0.39, 0.29) is 6.04 Å². The highest BCUT2D eigenvalue weighted by Crippen LogP contribution is 2.35. The molecule has 0 saturated carbocycles. The molecule has 19 heavy (non-hydrogen) atoms. The molecule has 0 aliphatic carbocycles. The minimum atomic E-state index is 0.211.